The zero-order valence-corrected chi connectivity index (χ0v) is 48.4. The molecule has 0 saturated carbocycles. The third kappa shape index (κ3) is 59.6. The number of carbonyl (C=O) groups is 3. The summed E-state index contributed by atoms with van der Waals surface area (Å²) in [7, 11) is 0. The Morgan fingerprint density at radius 2 is 0.534 bits per heavy atom. The number of unbranched alkanes of at least 4 members (excludes halogenated alkanes) is 34. The SMILES string of the molecule is CC/C=C\C/C=C\C/C=C\CCCCCC(=O)OCC(COC(=O)CCCCCCCCCCCCCCCCC/C=C\CCCCCCCCCC)OC(=O)CCCCCCC/C=C\C/C=C\CCCCC. The molecule has 0 aromatic rings. The average Bonchev–Trinajstić information content (AvgIpc) is 3.39. The minimum atomic E-state index is -0.795. The molecule has 0 amide bonds. The Morgan fingerprint density at radius 3 is 0.890 bits per heavy atom. The minimum Gasteiger partial charge on any atom is -0.462 e. The second kappa shape index (κ2) is 61.4. The van der Waals surface area contributed by atoms with E-state index in [1.807, 2.05) is 0 Å². The van der Waals surface area contributed by atoms with Crippen LogP contribution in [0.4, 0.5) is 0 Å². The summed E-state index contributed by atoms with van der Waals surface area (Å²) >= 11 is 0. The van der Waals surface area contributed by atoms with Crippen LogP contribution in [-0.2, 0) is 28.6 Å². The summed E-state index contributed by atoms with van der Waals surface area (Å²) in [4.78, 5) is 38.2. The van der Waals surface area contributed by atoms with Gasteiger partial charge >= 0.3 is 17.9 Å². The highest BCUT2D eigenvalue weighted by Crippen LogP contribution is 2.16. The molecule has 0 aliphatic carbocycles. The molecule has 73 heavy (non-hydrogen) atoms. The van der Waals surface area contributed by atoms with E-state index in [-0.39, 0.29) is 31.1 Å². The van der Waals surface area contributed by atoms with Gasteiger partial charge in [0.2, 0.25) is 0 Å². The van der Waals surface area contributed by atoms with Crippen molar-refractivity contribution < 1.29 is 28.6 Å². The maximum atomic E-state index is 12.9. The number of allylic oxidation sites excluding steroid dienone is 12. The normalized spacial score (nSPS) is 12.5. The van der Waals surface area contributed by atoms with E-state index in [1.54, 1.807) is 0 Å². The van der Waals surface area contributed by atoms with E-state index in [1.165, 1.54) is 167 Å². The van der Waals surface area contributed by atoms with Gasteiger partial charge in [0.1, 0.15) is 13.2 Å². The van der Waals surface area contributed by atoms with E-state index in [4.69, 9.17) is 14.2 Å². The van der Waals surface area contributed by atoms with E-state index in [0.717, 1.165) is 109 Å². The number of hydrogen-bond acceptors (Lipinski definition) is 6. The molecule has 0 rings (SSSR count). The van der Waals surface area contributed by atoms with Gasteiger partial charge in [-0.3, -0.25) is 14.4 Å². The van der Waals surface area contributed by atoms with Crippen LogP contribution in [0.5, 0.6) is 0 Å². The van der Waals surface area contributed by atoms with Gasteiger partial charge in [0.05, 0.1) is 0 Å². The number of hydrogen-bond donors (Lipinski definition) is 0. The van der Waals surface area contributed by atoms with Gasteiger partial charge in [0, 0.05) is 19.3 Å². The lowest BCUT2D eigenvalue weighted by Crippen LogP contribution is -2.30. The van der Waals surface area contributed by atoms with E-state index in [2.05, 4.69) is 93.7 Å². The van der Waals surface area contributed by atoms with Crippen LogP contribution >= 0.6 is 0 Å². The van der Waals surface area contributed by atoms with Crippen LogP contribution in [0.3, 0.4) is 0 Å². The van der Waals surface area contributed by atoms with E-state index >= 15 is 0 Å². The van der Waals surface area contributed by atoms with Crippen molar-refractivity contribution in [3.63, 3.8) is 0 Å². The summed E-state index contributed by atoms with van der Waals surface area (Å²) in [5.41, 5.74) is 0. The molecule has 0 saturated heterocycles. The van der Waals surface area contributed by atoms with Gasteiger partial charge in [-0.05, 0) is 109 Å². The van der Waals surface area contributed by atoms with Gasteiger partial charge in [-0.15, -0.1) is 0 Å². The van der Waals surface area contributed by atoms with Crippen molar-refractivity contribution in [1.82, 2.24) is 0 Å². The zero-order valence-electron chi connectivity index (χ0n) is 48.4. The van der Waals surface area contributed by atoms with Crippen molar-refractivity contribution in [3.8, 4) is 0 Å². The summed E-state index contributed by atoms with van der Waals surface area (Å²) in [6, 6.07) is 0. The highest BCUT2D eigenvalue weighted by Gasteiger charge is 2.19. The maximum Gasteiger partial charge on any atom is 0.306 e. The van der Waals surface area contributed by atoms with Crippen LogP contribution in [0.25, 0.3) is 0 Å². The lowest BCUT2D eigenvalue weighted by Gasteiger charge is -2.18. The predicted molar refractivity (Wildman–Crippen MR) is 316 cm³/mol. The second-order valence-electron chi connectivity index (χ2n) is 20.9. The average molecular weight is 1020 g/mol. The first-order chi connectivity index (χ1) is 36.0. The lowest BCUT2D eigenvalue weighted by molar-refractivity contribution is -0.167. The summed E-state index contributed by atoms with van der Waals surface area (Å²) < 4.78 is 16.9. The molecule has 422 valence electrons. The van der Waals surface area contributed by atoms with Crippen LogP contribution in [-0.4, -0.2) is 37.2 Å². The molecule has 1 unspecified atom stereocenters. The third-order valence-corrected chi connectivity index (χ3v) is 13.7. The fraction of sp³-hybridized carbons (Fsp3) is 0.776. The van der Waals surface area contributed by atoms with Crippen LogP contribution in [0.15, 0.2) is 72.9 Å². The zero-order chi connectivity index (χ0) is 52.9. The highest BCUT2D eigenvalue weighted by molar-refractivity contribution is 5.71. The van der Waals surface area contributed by atoms with Crippen LogP contribution < -0.4 is 0 Å². The molecule has 0 aliphatic rings. The van der Waals surface area contributed by atoms with E-state index < -0.39 is 6.10 Å². The molecule has 0 aliphatic heterocycles. The molecule has 0 heterocycles. The van der Waals surface area contributed by atoms with Crippen molar-refractivity contribution in [2.45, 2.75) is 322 Å². The molecular weight excluding hydrogens is 901 g/mol. The molecule has 0 bridgehead atoms. The number of rotatable bonds is 57. The van der Waals surface area contributed by atoms with Crippen LogP contribution in [0, 0.1) is 0 Å². The largest absolute Gasteiger partial charge is 0.462 e. The van der Waals surface area contributed by atoms with Crippen molar-refractivity contribution in [2.75, 3.05) is 13.2 Å². The smallest absolute Gasteiger partial charge is 0.306 e. The summed E-state index contributed by atoms with van der Waals surface area (Å²) in [5, 5.41) is 0. The lowest BCUT2D eigenvalue weighted by atomic mass is 10.0. The van der Waals surface area contributed by atoms with Crippen molar-refractivity contribution >= 4 is 17.9 Å². The first kappa shape index (κ1) is 69.8. The standard InChI is InChI=1S/C67H118O6/c1-4-7-10-13-16-19-22-25-27-28-29-30-31-32-33-34-35-36-37-38-40-42-45-48-51-54-57-60-66(69)72-63-64(62-71-65(68)59-56-53-50-47-44-41-24-21-18-15-12-9-6-3)73-67(70)61-58-55-52-49-46-43-39-26-23-20-17-14-11-8-5-2/h9,12,17-18,20-21,26,28-29,39,41,44,64H,4-8,10-11,13-16,19,22-25,27,30-38,40,42-43,45-63H2,1-3H3/b12-9-,20-17-,21-18-,29-28-,39-26-,44-41-. The summed E-state index contributed by atoms with van der Waals surface area (Å²) in [5.74, 6) is -0.923. The molecule has 1 atom stereocenters. The molecule has 0 fully saturated rings. The number of ether oxygens (including phenoxy) is 3. The van der Waals surface area contributed by atoms with Crippen molar-refractivity contribution in [1.29, 1.82) is 0 Å². The Balaban J connectivity index is 4.24. The fourth-order valence-electron chi connectivity index (χ4n) is 8.95. The summed E-state index contributed by atoms with van der Waals surface area (Å²) in [6.07, 6.45) is 79.2. The van der Waals surface area contributed by atoms with Crippen molar-refractivity contribution in [2.24, 2.45) is 0 Å². The molecule has 6 nitrogen and oxygen atoms in total. The molecule has 0 radical (unpaired) electrons. The predicted octanol–water partition coefficient (Wildman–Crippen LogP) is 21.3. The monoisotopic (exact) mass is 1020 g/mol. The summed E-state index contributed by atoms with van der Waals surface area (Å²) in [6.45, 7) is 6.49. The number of carbonyl (C=O) groups excluding carboxylic acids is 3. The van der Waals surface area contributed by atoms with Gasteiger partial charge in [0.25, 0.3) is 0 Å². The molecular formula is C67H118O6. The van der Waals surface area contributed by atoms with E-state index in [0.29, 0.717) is 19.3 Å². The van der Waals surface area contributed by atoms with Gasteiger partial charge in [-0.25, -0.2) is 0 Å². The quantitative estimate of drug-likeness (QED) is 0.0261. The second-order valence-corrected chi connectivity index (χ2v) is 20.9. The fourth-order valence-corrected chi connectivity index (χ4v) is 8.95. The molecule has 0 aromatic carbocycles. The number of esters is 3. The Labute approximate surface area is 453 Å². The molecule has 0 spiro atoms. The first-order valence-corrected chi connectivity index (χ1v) is 31.4. The van der Waals surface area contributed by atoms with Gasteiger partial charge in [-0.2, -0.15) is 0 Å². The Bertz CT molecular complexity index is 1360. The maximum absolute atomic E-state index is 12.9. The van der Waals surface area contributed by atoms with Gasteiger partial charge < -0.3 is 14.2 Å². The Morgan fingerprint density at radius 1 is 0.288 bits per heavy atom. The Kier molecular flexibility index (Phi) is 58.7. The molecule has 0 N–H and O–H groups in total. The van der Waals surface area contributed by atoms with Crippen LogP contribution in [0.2, 0.25) is 0 Å². The third-order valence-electron chi connectivity index (χ3n) is 13.7. The van der Waals surface area contributed by atoms with Crippen molar-refractivity contribution in [3.05, 3.63) is 72.9 Å². The first-order valence-electron chi connectivity index (χ1n) is 31.4. The minimum absolute atomic E-state index is 0.0890. The molecule has 0 aromatic heterocycles. The van der Waals surface area contributed by atoms with E-state index in [9.17, 15) is 14.4 Å². The molecule has 6 heteroatoms. The van der Waals surface area contributed by atoms with Gasteiger partial charge in [0.15, 0.2) is 6.10 Å². The van der Waals surface area contributed by atoms with Gasteiger partial charge in [-0.1, -0.05) is 261 Å². The van der Waals surface area contributed by atoms with Crippen LogP contribution in [0.1, 0.15) is 316 Å². The highest BCUT2D eigenvalue weighted by atomic mass is 16.6. The Hall–Kier alpha value is -3.15. The topological polar surface area (TPSA) is 78.9 Å².